The summed E-state index contributed by atoms with van der Waals surface area (Å²) in [6.45, 7) is 2.43. The van der Waals surface area contributed by atoms with Crippen LogP contribution in [0.15, 0.2) is 12.1 Å². The molecule has 0 spiro atoms. The van der Waals surface area contributed by atoms with E-state index in [0.29, 0.717) is 27.4 Å². The second kappa shape index (κ2) is 4.22. The largest absolute Gasteiger partial charge is 0.492 e. The molecule has 0 heterocycles. The van der Waals surface area contributed by atoms with Crippen molar-refractivity contribution in [1.29, 1.82) is 0 Å². The summed E-state index contributed by atoms with van der Waals surface area (Å²) in [6, 6.07) is 3.35. The molecule has 0 N–H and O–H groups in total. The first kappa shape index (κ1) is 9.97. The Balaban J connectivity index is 3.08. The number of benzene rings is 1. The lowest BCUT2D eigenvalue weighted by Gasteiger charge is -2.06. The second-order valence-electron chi connectivity index (χ2n) is 2.11. The van der Waals surface area contributed by atoms with Crippen molar-refractivity contribution in [2.24, 2.45) is 0 Å². The average molecular weight is 226 g/mol. The van der Waals surface area contributed by atoms with Gasteiger partial charge in [0.2, 0.25) is 0 Å². The van der Waals surface area contributed by atoms with Gasteiger partial charge in [-0.25, -0.2) is 0 Å². The summed E-state index contributed by atoms with van der Waals surface area (Å²) in [5, 5.41) is 1.14. The SMILES string of the molecule is CCOc1ccc(Cl)c(Cl)c1Cl. The maximum absolute atomic E-state index is 5.84. The molecule has 0 saturated heterocycles. The van der Waals surface area contributed by atoms with Crippen LogP contribution in [0.5, 0.6) is 5.75 Å². The first-order valence-electron chi connectivity index (χ1n) is 3.43. The highest BCUT2D eigenvalue weighted by Crippen LogP contribution is 2.36. The summed E-state index contributed by atoms with van der Waals surface area (Å²) in [6.07, 6.45) is 0. The van der Waals surface area contributed by atoms with Crippen molar-refractivity contribution in [2.45, 2.75) is 6.92 Å². The minimum absolute atomic E-state index is 0.337. The molecule has 0 aliphatic heterocycles. The zero-order valence-corrected chi connectivity index (χ0v) is 8.67. The molecule has 1 aromatic carbocycles. The van der Waals surface area contributed by atoms with Gasteiger partial charge in [0, 0.05) is 0 Å². The molecule has 0 radical (unpaired) electrons. The van der Waals surface area contributed by atoms with E-state index in [4.69, 9.17) is 39.5 Å². The minimum atomic E-state index is 0.337. The Morgan fingerprint density at radius 1 is 1.17 bits per heavy atom. The van der Waals surface area contributed by atoms with Crippen molar-refractivity contribution in [3.05, 3.63) is 27.2 Å². The Bertz CT molecular complexity index is 286. The maximum atomic E-state index is 5.84. The minimum Gasteiger partial charge on any atom is -0.492 e. The molecular formula is C8H7Cl3O. The zero-order valence-electron chi connectivity index (χ0n) is 6.40. The van der Waals surface area contributed by atoms with Gasteiger partial charge in [-0.3, -0.25) is 0 Å². The first-order chi connectivity index (χ1) is 5.66. The van der Waals surface area contributed by atoms with Crippen LogP contribution in [-0.4, -0.2) is 6.61 Å². The standard InChI is InChI=1S/C8H7Cl3O/c1-2-12-6-4-3-5(9)7(10)8(6)11/h3-4H,2H2,1H3. The molecule has 12 heavy (non-hydrogen) atoms. The highest BCUT2D eigenvalue weighted by molar-refractivity contribution is 6.48. The molecule has 1 aromatic rings. The number of hydrogen-bond acceptors (Lipinski definition) is 1. The summed E-state index contributed by atoms with van der Waals surface area (Å²) >= 11 is 17.3. The van der Waals surface area contributed by atoms with E-state index in [1.54, 1.807) is 12.1 Å². The fraction of sp³-hybridized carbons (Fsp3) is 0.250. The van der Waals surface area contributed by atoms with Gasteiger partial charge in [-0.2, -0.15) is 0 Å². The van der Waals surface area contributed by atoms with E-state index in [1.165, 1.54) is 0 Å². The van der Waals surface area contributed by atoms with Gasteiger partial charge in [0.15, 0.2) is 0 Å². The zero-order chi connectivity index (χ0) is 9.14. The summed E-state index contributed by atoms with van der Waals surface area (Å²) in [4.78, 5) is 0. The highest BCUT2D eigenvalue weighted by atomic mass is 35.5. The quantitative estimate of drug-likeness (QED) is 0.690. The second-order valence-corrected chi connectivity index (χ2v) is 3.27. The van der Waals surface area contributed by atoms with Crippen molar-refractivity contribution in [2.75, 3.05) is 6.61 Å². The smallest absolute Gasteiger partial charge is 0.139 e. The predicted molar refractivity (Wildman–Crippen MR) is 52.6 cm³/mol. The van der Waals surface area contributed by atoms with E-state index in [1.807, 2.05) is 6.92 Å². The molecule has 1 rings (SSSR count). The van der Waals surface area contributed by atoms with Crippen molar-refractivity contribution in [1.82, 2.24) is 0 Å². The molecule has 1 nitrogen and oxygen atoms in total. The van der Waals surface area contributed by atoms with Crippen LogP contribution in [0.4, 0.5) is 0 Å². The molecule has 0 aliphatic carbocycles. The summed E-state index contributed by atoms with van der Waals surface area (Å²) in [5.74, 6) is 0.563. The average Bonchev–Trinajstić information content (AvgIpc) is 2.07. The normalized spacial score (nSPS) is 10.0. The molecular weight excluding hydrogens is 218 g/mol. The highest BCUT2D eigenvalue weighted by Gasteiger charge is 2.08. The molecule has 0 amide bonds. The molecule has 0 atom stereocenters. The molecule has 0 unspecified atom stereocenters. The fourth-order valence-corrected chi connectivity index (χ4v) is 1.36. The molecule has 0 bridgehead atoms. The molecule has 0 aliphatic rings. The van der Waals surface area contributed by atoms with E-state index in [0.717, 1.165) is 0 Å². The predicted octanol–water partition coefficient (Wildman–Crippen LogP) is 4.05. The van der Waals surface area contributed by atoms with E-state index in [2.05, 4.69) is 0 Å². The maximum Gasteiger partial charge on any atom is 0.139 e. The van der Waals surface area contributed by atoms with Gasteiger partial charge in [0.25, 0.3) is 0 Å². The first-order valence-corrected chi connectivity index (χ1v) is 4.56. The number of halogens is 3. The van der Waals surface area contributed by atoms with Crippen LogP contribution in [0, 0.1) is 0 Å². The molecule has 66 valence electrons. The number of hydrogen-bond donors (Lipinski definition) is 0. The molecule has 4 heteroatoms. The van der Waals surface area contributed by atoms with Gasteiger partial charge in [0.1, 0.15) is 10.8 Å². The Hall–Kier alpha value is -0.110. The van der Waals surface area contributed by atoms with Crippen molar-refractivity contribution in [3.8, 4) is 5.75 Å². The Morgan fingerprint density at radius 3 is 2.42 bits per heavy atom. The van der Waals surface area contributed by atoms with Gasteiger partial charge in [-0.15, -0.1) is 0 Å². The van der Waals surface area contributed by atoms with E-state index < -0.39 is 0 Å². The van der Waals surface area contributed by atoms with Crippen LogP contribution in [0.25, 0.3) is 0 Å². The van der Waals surface area contributed by atoms with E-state index in [-0.39, 0.29) is 0 Å². The van der Waals surface area contributed by atoms with Crippen LogP contribution in [0.2, 0.25) is 15.1 Å². The monoisotopic (exact) mass is 224 g/mol. The lowest BCUT2D eigenvalue weighted by atomic mass is 10.3. The Kier molecular flexibility index (Phi) is 3.51. The van der Waals surface area contributed by atoms with Crippen molar-refractivity contribution in [3.63, 3.8) is 0 Å². The third-order valence-electron chi connectivity index (χ3n) is 1.30. The lowest BCUT2D eigenvalue weighted by Crippen LogP contribution is -1.92. The van der Waals surface area contributed by atoms with Gasteiger partial charge in [-0.1, -0.05) is 34.8 Å². The number of ether oxygens (including phenoxy) is 1. The third kappa shape index (κ3) is 1.98. The van der Waals surface area contributed by atoms with Gasteiger partial charge in [0.05, 0.1) is 16.7 Å². The van der Waals surface area contributed by atoms with Crippen LogP contribution in [0.1, 0.15) is 6.92 Å². The molecule has 0 aromatic heterocycles. The van der Waals surface area contributed by atoms with Crippen LogP contribution >= 0.6 is 34.8 Å². The third-order valence-corrected chi connectivity index (χ3v) is 2.58. The van der Waals surface area contributed by atoms with Crippen LogP contribution in [-0.2, 0) is 0 Å². The summed E-state index contributed by atoms with van der Waals surface area (Å²) in [7, 11) is 0. The van der Waals surface area contributed by atoms with E-state index >= 15 is 0 Å². The fourth-order valence-electron chi connectivity index (χ4n) is 0.775. The van der Waals surface area contributed by atoms with Gasteiger partial charge < -0.3 is 4.74 Å². The lowest BCUT2D eigenvalue weighted by molar-refractivity contribution is 0.340. The van der Waals surface area contributed by atoms with Crippen LogP contribution < -0.4 is 4.74 Å². The Morgan fingerprint density at radius 2 is 1.83 bits per heavy atom. The van der Waals surface area contributed by atoms with Crippen LogP contribution in [0.3, 0.4) is 0 Å². The van der Waals surface area contributed by atoms with E-state index in [9.17, 15) is 0 Å². The van der Waals surface area contributed by atoms with Gasteiger partial charge >= 0.3 is 0 Å². The topological polar surface area (TPSA) is 9.23 Å². The van der Waals surface area contributed by atoms with Gasteiger partial charge in [-0.05, 0) is 19.1 Å². The summed E-state index contributed by atoms with van der Waals surface area (Å²) < 4.78 is 5.20. The van der Waals surface area contributed by atoms with Crippen molar-refractivity contribution >= 4 is 34.8 Å². The molecule has 0 saturated carbocycles. The Labute approximate surface area is 86.2 Å². The number of rotatable bonds is 2. The van der Waals surface area contributed by atoms with Crippen molar-refractivity contribution < 1.29 is 4.74 Å². The molecule has 0 fully saturated rings. The summed E-state index contributed by atoms with van der Waals surface area (Å²) in [5.41, 5.74) is 0.